The minimum atomic E-state index is 0.679. The highest BCUT2D eigenvalue weighted by atomic mass is 35.5. The molecule has 0 aliphatic carbocycles. The number of hydrogen-bond donors (Lipinski definition) is 1. The molecule has 2 nitrogen and oxygen atoms in total. The second kappa shape index (κ2) is 5.22. The summed E-state index contributed by atoms with van der Waals surface area (Å²) in [7, 11) is 0. The summed E-state index contributed by atoms with van der Waals surface area (Å²) in [6, 6.07) is 14.3. The van der Waals surface area contributed by atoms with Crippen LogP contribution in [0.4, 0.5) is 5.69 Å². The molecule has 0 saturated carbocycles. The number of nitrogens with zero attached hydrogens (tertiary/aromatic N) is 1. The first-order valence-electron chi connectivity index (χ1n) is 6.79. The number of aromatic nitrogens is 1. The molecule has 0 aliphatic rings. The maximum absolute atomic E-state index is 6.05. The summed E-state index contributed by atoms with van der Waals surface area (Å²) in [6.45, 7) is 2.95. The van der Waals surface area contributed by atoms with Gasteiger partial charge in [-0.15, -0.1) is 0 Å². The van der Waals surface area contributed by atoms with Gasteiger partial charge in [0.1, 0.15) is 0 Å². The Labute approximate surface area is 123 Å². The topological polar surface area (TPSA) is 30.9 Å². The number of hydrogen-bond acceptors (Lipinski definition) is 1. The van der Waals surface area contributed by atoms with Crippen LogP contribution >= 0.6 is 11.6 Å². The predicted molar refractivity (Wildman–Crippen MR) is 86.3 cm³/mol. The fraction of sp³-hybridized carbons (Fsp3) is 0.176. The summed E-state index contributed by atoms with van der Waals surface area (Å²) in [5, 5.41) is 1.95. The zero-order valence-corrected chi connectivity index (χ0v) is 12.2. The lowest BCUT2D eigenvalue weighted by atomic mass is 10.1. The molecular formula is C17H17ClN2. The number of anilines is 1. The van der Waals surface area contributed by atoms with Gasteiger partial charge in [-0.3, -0.25) is 0 Å². The van der Waals surface area contributed by atoms with Gasteiger partial charge in [-0.25, -0.2) is 0 Å². The second-order valence-corrected chi connectivity index (χ2v) is 5.43. The highest BCUT2D eigenvalue weighted by Crippen LogP contribution is 2.24. The predicted octanol–water partition coefficient (Wildman–Crippen LogP) is 4.49. The zero-order valence-electron chi connectivity index (χ0n) is 11.4. The number of fused-ring (bicyclic) bond motifs is 1. The molecule has 1 aromatic heterocycles. The molecule has 0 aliphatic heterocycles. The van der Waals surface area contributed by atoms with Crippen molar-refractivity contribution in [3.63, 3.8) is 0 Å². The molecule has 1 heterocycles. The van der Waals surface area contributed by atoms with E-state index in [1.807, 2.05) is 18.2 Å². The van der Waals surface area contributed by atoms with Crippen LogP contribution in [0.3, 0.4) is 0 Å². The molecule has 0 radical (unpaired) electrons. The third kappa shape index (κ3) is 2.27. The third-order valence-corrected chi connectivity index (χ3v) is 3.94. The summed E-state index contributed by atoms with van der Waals surface area (Å²) in [5.74, 6) is 0. The lowest BCUT2D eigenvalue weighted by Gasteiger charge is -2.11. The van der Waals surface area contributed by atoms with E-state index in [1.54, 1.807) is 0 Å². The van der Waals surface area contributed by atoms with Crippen molar-refractivity contribution in [1.82, 2.24) is 4.57 Å². The SMILES string of the molecule is CCc1cccc2ccn(Cc3ccc(Cl)cc3N)c12. The Kier molecular flexibility index (Phi) is 3.41. The van der Waals surface area contributed by atoms with Crippen LogP contribution in [-0.2, 0) is 13.0 Å². The molecule has 0 atom stereocenters. The summed E-state index contributed by atoms with van der Waals surface area (Å²) in [5.41, 5.74) is 10.6. The molecule has 3 heteroatoms. The van der Waals surface area contributed by atoms with Crippen molar-refractivity contribution in [2.75, 3.05) is 5.73 Å². The number of nitrogen functional groups attached to an aromatic ring is 1. The maximum atomic E-state index is 6.05. The van der Waals surface area contributed by atoms with E-state index in [-0.39, 0.29) is 0 Å². The van der Waals surface area contributed by atoms with Gasteiger partial charge in [-0.2, -0.15) is 0 Å². The van der Waals surface area contributed by atoms with E-state index in [0.29, 0.717) is 5.02 Å². The molecule has 0 fully saturated rings. The highest BCUT2D eigenvalue weighted by Gasteiger charge is 2.07. The Bertz CT molecular complexity index is 759. The standard InChI is InChI=1S/C17H17ClN2/c1-2-12-4-3-5-13-8-9-20(17(12)13)11-14-6-7-15(18)10-16(14)19/h3-10H,2,11,19H2,1H3. The number of para-hydroxylation sites is 1. The number of nitrogens with two attached hydrogens (primary N) is 1. The third-order valence-electron chi connectivity index (χ3n) is 3.70. The van der Waals surface area contributed by atoms with Crippen LogP contribution < -0.4 is 5.73 Å². The minimum Gasteiger partial charge on any atom is -0.398 e. The average Bonchev–Trinajstić information content (AvgIpc) is 2.85. The van der Waals surface area contributed by atoms with E-state index in [9.17, 15) is 0 Å². The van der Waals surface area contributed by atoms with Gasteiger partial charge in [-0.1, -0.05) is 42.8 Å². The Balaban J connectivity index is 2.06. The lowest BCUT2D eigenvalue weighted by Crippen LogP contribution is -2.03. The van der Waals surface area contributed by atoms with Gasteiger partial charge < -0.3 is 10.3 Å². The number of rotatable bonds is 3. The van der Waals surface area contributed by atoms with Crippen LogP contribution in [0.15, 0.2) is 48.7 Å². The molecule has 3 aromatic rings. The fourth-order valence-electron chi connectivity index (χ4n) is 2.65. The summed E-state index contributed by atoms with van der Waals surface area (Å²) in [4.78, 5) is 0. The van der Waals surface area contributed by atoms with Crippen molar-refractivity contribution in [3.8, 4) is 0 Å². The molecule has 0 unspecified atom stereocenters. The number of halogens is 1. The Hall–Kier alpha value is -1.93. The lowest BCUT2D eigenvalue weighted by molar-refractivity contribution is 0.833. The molecule has 0 amide bonds. The first-order valence-corrected chi connectivity index (χ1v) is 7.17. The molecule has 0 bridgehead atoms. The van der Waals surface area contributed by atoms with Crippen LogP contribution in [0.5, 0.6) is 0 Å². The number of aryl methyl sites for hydroxylation is 1. The zero-order chi connectivity index (χ0) is 14.1. The quantitative estimate of drug-likeness (QED) is 0.706. The molecule has 2 aromatic carbocycles. The second-order valence-electron chi connectivity index (χ2n) is 5.00. The normalized spacial score (nSPS) is 11.1. The van der Waals surface area contributed by atoms with Gasteiger partial charge in [-0.05, 0) is 41.1 Å². The fourth-order valence-corrected chi connectivity index (χ4v) is 2.83. The van der Waals surface area contributed by atoms with Gasteiger partial charge in [0.25, 0.3) is 0 Å². The Morgan fingerprint density at radius 3 is 2.70 bits per heavy atom. The van der Waals surface area contributed by atoms with Gasteiger partial charge in [0.05, 0.1) is 5.52 Å². The van der Waals surface area contributed by atoms with E-state index >= 15 is 0 Å². The number of benzene rings is 2. The molecule has 102 valence electrons. The molecule has 0 saturated heterocycles. The van der Waals surface area contributed by atoms with Gasteiger partial charge >= 0.3 is 0 Å². The minimum absolute atomic E-state index is 0.679. The molecular weight excluding hydrogens is 268 g/mol. The van der Waals surface area contributed by atoms with Crippen molar-refractivity contribution in [2.45, 2.75) is 19.9 Å². The van der Waals surface area contributed by atoms with Crippen molar-refractivity contribution in [3.05, 3.63) is 64.8 Å². The first kappa shape index (κ1) is 13.1. The smallest absolute Gasteiger partial charge is 0.0515 e. The average molecular weight is 285 g/mol. The van der Waals surface area contributed by atoms with Crippen molar-refractivity contribution < 1.29 is 0 Å². The van der Waals surface area contributed by atoms with Crippen molar-refractivity contribution >= 4 is 28.2 Å². The van der Waals surface area contributed by atoms with E-state index in [2.05, 4.69) is 42.0 Å². The van der Waals surface area contributed by atoms with Crippen LogP contribution in [0, 0.1) is 0 Å². The van der Waals surface area contributed by atoms with E-state index in [4.69, 9.17) is 17.3 Å². The molecule has 0 spiro atoms. The largest absolute Gasteiger partial charge is 0.398 e. The molecule has 20 heavy (non-hydrogen) atoms. The summed E-state index contributed by atoms with van der Waals surface area (Å²) >= 11 is 5.95. The first-order chi connectivity index (χ1) is 9.69. The van der Waals surface area contributed by atoms with Crippen LogP contribution in [0.1, 0.15) is 18.1 Å². The van der Waals surface area contributed by atoms with E-state index in [0.717, 1.165) is 24.2 Å². The van der Waals surface area contributed by atoms with Gasteiger partial charge in [0.2, 0.25) is 0 Å². The Morgan fingerprint density at radius 2 is 1.95 bits per heavy atom. The monoisotopic (exact) mass is 284 g/mol. The van der Waals surface area contributed by atoms with Crippen molar-refractivity contribution in [2.24, 2.45) is 0 Å². The molecule has 3 rings (SSSR count). The van der Waals surface area contributed by atoms with Crippen LogP contribution in [-0.4, -0.2) is 4.57 Å². The van der Waals surface area contributed by atoms with Crippen molar-refractivity contribution in [1.29, 1.82) is 0 Å². The van der Waals surface area contributed by atoms with E-state index < -0.39 is 0 Å². The van der Waals surface area contributed by atoms with E-state index in [1.165, 1.54) is 16.5 Å². The Morgan fingerprint density at radius 1 is 1.10 bits per heavy atom. The van der Waals surface area contributed by atoms with Crippen LogP contribution in [0.25, 0.3) is 10.9 Å². The van der Waals surface area contributed by atoms with Gasteiger partial charge in [0.15, 0.2) is 0 Å². The summed E-state index contributed by atoms with van der Waals surface area (Å²) in [6.07, 6.45) is 3.15. The van der Waals surface area contributed by atoms with Crippen LogP contribution in [0.2, 0.25) is 5.02 Å². The van der Waals surface area contributed by atoms with Gasteiger partial charge in [0, 0.05) is 23.5 Å². The highest BCUT2D eigenvalue weighted by molar-refractivity contribution is 6.30. The molecule has 2 N–H and O–H groups in total. The summed E-state index contributed by atoms with van der Waals surface area (Å²) < 4.78 is 2.26. The maximum Gasteiger partial charge on any atom is 0.0515 e.